The fourth-order valence-corrected chi connectivity index (χ4v) is 5.13. The molecule has 0 spiro atoms. The first-order valence-electron chi connectivity index (χ1n) is 13.2. The lowest BCUT2D eigenvalue weighted by molar-refractivity contribution is 0.468. The molecule has 0 aliphatic rings. The summed E-state index contributed by atoms with van der Waals surface area (Å²) in [6.45, 7) is 4.39. The van der Waals surface area contributed by atoms with Crippen molar-refractivity contribution in [3.8, 4) is 45.3 Å². The SMILES string of the molecule is CCC(C)c1ccc(C(c2ccc(O)c(-c3ccccc3O)c2)c2ccc(O)c(-c3ccccc3O)c2)cc1. The van der Waals surface area contributed by atoms with Gasteiger partial charge in [-0.1, -0.05) is 86.6 Å². The molecule has 0 amide bonds. The Hall–Kier alpha value is -4.70. The average Bonchev–Trinajstić information content (AvgIpc) is 2.95. The number of benzene rings is 5. The standard InChI is InChI=1S/C35H32O4/c1-3-22(2)23-12-14-24(15-13-23)35(25-16-18-33(38)29(20-25)27-8-4-6-10-31(27)36)26-17-19-34(39)30(21-26)28-9-5-7-11-32(28)37/h4-22,35-39H,3H2,1-2H3. The highest BCUT2D eigenvalue weighted by molar-refractivity contribution is 5.78. The van der Waals surface area contributed by atoms with Crippen LogP contribution in [0, 0.1) is 0 Å². The minimum Gasteiger partial charge on any atom is -0.507 e. The number of hydrogen-bond acceptors (Lipinski definition) is 4. The van der Waals surface area contributed by atoms with E-state index in [-0.39, 0.29) is 28.9 Å². The maximum absolute atomic E-state index is 10.7. The van der Waals surface area contributed by atoms with Crippen LogP contribution in [0.3, 0.4) is 0 Å². The molecule has 0 bridgehead atoms. The highest BCUT2D eigenvalue weighted by Gasteiger charge is 2.22. The van der Waals surface area contributed by atoms with Crippen molar-refractivity contribution < 1.29 is 20.4 Å². The third-order valence-corrected chi connectivity index (χ3v) is 7.55. The Morgan fingerprint density at radius 1 is 0.462 bits per heavy atom. The van der Waals surface area contributed by atoms with Gasteiger partial charge < -0.3 is 20.4 Å². The van der Waals surface area contributed by atoms with Crippen LogP contribution in [0.2, 0.25) is 0 Å². The quantitative estimate of drug-likeness (QED) is 0.163. The lowest BCUT2D eigenvalue weighted by atomic mass is 9.82. The molecule has 0 heterocycles. The van der Waals surface area contributed by atoms with E-state index in [1.807, 2.05) is 36.4 Å². The molecule has 5 rings (SSSR count). The molecule has 5 aromatic carbocycles. The zero-order chi connectivity index (χ0) is 27.5. The van der Waals surface area contributed by atoms with Crippen LogP contribution >= 0.6 is 0 Å². The van der Waals surface area contributed by atoms with Crippen LogP contribution in [-0.2, 0) is 0 Å². The number of phenolic OH excluding ortho intramolecular Hbond substituents is 4. The van der Waals surface area contributed by atoms with E-state index in [9.17, 15) is 20.4 Å². The second-order valence-electron chi connectivity index (χ2n) is 10.00. The van der Waals surface area contributed by atoms with Gasteiger partial charge in [0.1, 0.15) is 23.0 Å². The molecule has 1 unspecified atom stereocenters. The van der Waals surface area contributed by atoms with E-state index in [0.717, 1.165) is 23.1 Å². The molecular weight excluding hydrogens is 484 g/mol. The number of aromatic hydroxyl groups is 4. The number of phenols is 4. The second-order valence-corrected chi connectivity index (χ2v) is 10.00. The predicted molar refractivity (Wildman–Crippen MR) is 157 cm³/mol. The summed E-state index contributed by atoms with van der Waals surface area (Å²) in [5.41, 5.74) is 6.29. The van der Waals surface area contributed by atoms with Crippen molar-refractivity contribution in [2.45, 2.75) is 32.1 Å². The summed E-state index contributed by atoms with van der Waals surface area (Å²) in [4.78, 5) is 0. The van der Waals surface area contributed by atoms with Crippen molar-refractivity contribution in [1.29, 1.82) is 0 Å². The van der Waals surface area contributed by atoms with Crippen LogP contribution in [0.4, 0.5) is 0 Å². The molecule has 4 nitrogen and oxygen atoms in total. The van der Waals surface area contributed by atoms with Crippen molar-refractivity contribution in [2.75, 3.05) is 0 Å². The largest absolute Gasteiger partial charge is 0.507 e. The molecule has 1 atom stereocenters. The fraction of sp³-hybridized carbons (Fsp3) is 0.143. The third-order valence-electron chi connectivity index (χ3n) is 7.55. The molecule has 0 aromatic heterocycles. The molecule has 4 N–H and O–H groups in total. The molecule has 4 heteroatoms. The van der Waals surface area contributed by atoms with E-state index in [4.69, 9.17) is 0 Å². The van der Waals surface area contributed by atoms with Gasteiger partial charge >= 0.3 is 0 Å². The molecular formula is C35H32O4. The molecule has 0 saturated carbocycles. The number of hydrogen-bond donors (Lipinski definition) is 4. The van der Waals surface area contributed by atoms with Crippen molar-refractivity contribution in [1.82, 2.24) is 0 Å². The summed E-state index contributed by atoms with van der Waals surface area (Å²) < 4.78 is 0. The number of para-hydroxylation sites is 2. The van der Waals surface area contributed by atoms with Crippen molar-refractivity contribution in [3.63, 3.8) is 0 Å². The van der Waals surface area contributed by atoms with E-state index in [2.05, 4.69) is 38.1 Å². The van der Waals surface area contributed by atoms with Gasteiger partial charge in [0.15, 0.2) is 0 Å². The molecule has 0 aliphatic carbocycles. The van der Waals surface area contributed by atoms with Gasteiger partial charge in [-0.25, -0.2) is 0 Å². The minimum absolute atomic E-state index is 0.0757. The zero-order valence-corrected chi connectivity index (χ0v) is 22.0. The van der Waals surface area contributed by atoms with Crippen molar-refractivity contribution >= 4 is 0 Å². The van der Waals surface area contributed by atoms with Crippen LogP contribution in [0.5, 0.6) is 23.0 Å². The summed E-state index contributed by atoms with van der Waals surface area (Å²) >= 11 is 0. The molecule has 5 aromatic rings. The van der Waals surface area contributed by atoms with Gasteiger partial charge in [0.05, 0.1) is 0 Å². The van der Waals surface area contributed by atoms with E-state index in [1.54, 1.807) is 48.5 Å². The Morgan fingerprint density at radius 3 is 1.28 bits per heavy atom. The average molecular weight is 517 g/mol. The van der Waals surface area contributed by atoms with E-state index >= 15 is 0 Å². The van der Waals surface area contributed by atoms with Crippen LogP contribution in [-0.4, -0.2) is 20.4 Å². The highest BCUT2D eigenvalue weighted by Crippen LogP contribution is 2.43. The normalized spacial score (nSPS) is 12.0. The summed E-state index contributed by atoms with van der Waals surface area (Å²) in [6.07, 6.45) is 1.05. The lowest BCUT2D eigenvalue weighted by Crippen LogP contribution is -2.05. The fourth-order valence-electron chi connectivity index (χ4n) is 5.13. The monoisotopic (exact) mass is 516 g/mol. The summed E-state index contributed by atoms with van der Waals surface area (Å²) in [5, 5.41) is 42.5. The molecule has 0 fully saturated rings. The molecule has 0 aliphatic heterocycles. The van der Waals surface area contributed by atoms with Crippen molar-refractivity contribution in [2.24, 2.45) is 0 Å². The Morgan fingerprint density at radius 2 is 0.846 bits per heavy atom. The Kier molecular flexibility index (Phi) is 7.29. The highest BCUT2D eigenvalue weighted by atomic mass is 16.3. The van der Waals surface area contributed by atoms with Gasteiger partial charge in [0, 0.05) is 28.2 Å². The Labute approximate surface area is 229 Å². The van der Waals surface area contributed by atoms with E-state index in [1.165, 1.54) is 5.56 Å². The smallest absolute Gasteiger partial charge is 0.123 e. The van der Waals surface area contributed by atoms with E-state index < -0.39 is 0 Å². The first-order chi connectivity index (χ1) is 18.9. The second kappa shape index (κ2) is 11.0. The first-order valence-corrected chi connectivity index (χ1v) is 13.2. The number of rotatable bonds is 7. The maximum Gasteiger partial charge on any atom is 0.123 e. The van der Waals surface area contributed by atoms with Crippen LogP contribution in [0.15, 0.2) is 109 Å². The Bertz CT molecular complexity index is 1510. The Balaban J connectivity index is 1.70. The van der Waals surface area contributed by atoms with Crippen molar-refractivity contribution in [3.05, 3.63) is 131 Å². The maximum atomic E-state index is 10.7. The molecule has 0 saturated heterocycles. The van der Waals surface area contributed by atoms with Gasteiger partial charge in [0.25, 0.3) is 0 Å². The molecule has 0 radical (unpaired) electrons. The van der Waals surface area contributed by atoms with Crippen LogP contribution in [0.25, 0.3) is 22.3 Å². The van der Waals surface area contributed by atoms with Crippen LogP contribution < -0.4 is 0 Å². The topological polar surface area (TPSA) is 80.9 Å². The van der Waals surface area contributed by atoms with Gasteiger partial charge in [0.2, 0.25) is 0 Å². The first kappa shape index (κ1) is 25.9. The van der Waals surface area contributed by atoms with Gasteiger partial charge in [-0.2, -0.15) is 0 Å². The van der Waals surface area contributed by atoms with Gasteiger partial charge in [-0.3, -0.25) is 0 Å². The molecule has 196 valence electrons. The summed E-state index contributed by atoms with van der Waals surface area (Å²) in [5.74, 6) is 0.529. The zero-order valence-electron chi connectivity index (χ0n) is 22.0. The third kappa shape index (κ3) is 5.19. The minimum atomic E-state index is -0.244. The summed E-state index contributed by atoms with van der Waals surface area (Å²) in [7, 11) is 0. The van der Waals surface area contributed by atoms with Gasteiger partial charge in [-0.15, -0.1) is 0 Å². The van der Waals surface area contributed by atoms with E-state index in [0.29, 0.717) is 28.2 Å². The van der Waals surface area contributed by atoms with Gasteiger partial charge in [-0.05, 0) is 71.0 Å². The summed E-state index contributed by atoms with van der Waals surface area (Å²) in [6, 6.07) is 33.4. The van der Waals surface area contributed by atoms with Crippen LogP contribution in [0.1, 0.15) is 54.4 Å². The lowest BCUT2D eigenvalue weighted by Gasteiger charge is -2.22. The predicted octanol–water partition coefficient (Wildman–Crippen LogP) is 8.54. The molecule has 39 heavy (non-hydrogen) atoms.